The van der Waals surface area contributed by atoms with E-state index in [1.54, 1.807) is 0 Å². The Kier molecular flexibility index (Phi) is 5.22. The summed E-state index contributed by atoms with van der Waals surface area (Å²) in [7, 11) is 0. The molecule has 0 aliphatic carbocycles. The van der Waals surface area contributed by atoms with E-state index in [-0.39, 0.29) is 23.1 Å². The second-order valence-electron chi connectivity index (χ2n) is 7.04. The van der Waals surface area contributed by atoms with E-state index < -0.39 is 0 Å². The molecule has 1 aromatic carbocycles. The highest BCUT2D eigenvalue weighted by atomic mass is 16.2. The third-order valence-electron chi connectivity index (χ3n) is 4.03. The molecule has 0 unspecified atom stereocenters. The van der Waals surface area contributed by atoms with Crippen LogP contribution in [0.15, 0.2) is 30.3 Å². The van der Waals surface area contributed by atoms with Crippen LogP contribution in [0.25, 0.3) is 0 Å². The molecule has 2 amide bonds. The Morgan fingerprint density at radius 3 is 2.55 bits per heavy atom. The van der Waals surface area contributed by atoms with Gasteiger partial charge < -0.3 is 10.2 Å². The lowest BCUT2D eigenvalue weighted by atomic mass is 9.91. The summed E-state index contributed by atoms with van der Waals surface area (Å²) in [6, 6.07) is 9.88. The molecule has 0 saturated carbocycles. The summed E-state index contributed by atoms with van der Waals surface area (Å²) in [5, 5.41) is 2.99. The molecule has 120 valence electrons. The number of piperidine rings is 1. The van der Waals surface area contributed by atoms with Crippen LogP contribution in [0, 0.1) is 11.3 Å². The van der Waals surface area contributed by atoms with Gasteiger partial charge in [-0.05, 0) is 18.4 Å². The van der Waals surface area contributed by atoms with Crippen LogP contribution in [-0.2, 0) is 16.1 Å². The van der Waals surface area contributed by atoms with Gasteiger partial charge in [-0.15, -0.1) is 0 Å². The topological polar surface area (TPSA) is 49.4 Å². The molecular weight excluding hydrogens is 276 g/mol. The molecule has 0 radical (unpaired) electrons. The highest BCUT2D eigenvalue weighted by Crippen LogP contribution is 2.23. The minimum atomic E-state index is -0.387. The first kappa shape index (κ1) is 16.5. The van der Waals surface area contributed by atoms with Crippen molar-refractivity contribution in [1.82, 2.24) is 10.2 Å². The number of nitrogens with one attached hydrogen (secondary N) is 1. The van der Waals surface area contributed by atoms with Gasteiger partial charge in [-0.3, -0.25) is 9.59 Å². The van der Waals surface area contributed by atoms with Crippen molar-refractivity contribution in [2.45, 2.75) is 40.2 Å². The molecule has 1 heterocycles. The third kappa shape index (κ3) is 4.33. The molecule has 1 atom stereocenters. The summed E-state index contributed by atoms with van der Waals surface area (Å²) < 4.78 is 0. The van der Waals surface area contributed by atoms with Crippen molar-refractivity contribution >= 4 is 11.8 Å². The molecule has 1 aliphatic heterocycles. The van der Waals surface area contributed by atoms with E-state index in [2.05, 4.69) is 5.32 Å². The maximum Gasteiger partial charge on any atom is 0.227 e. The largest absolute Gasteiger partial charge is 0.352 e. The van der Waals surface area contributed by atoms with Gasteiger partial charge in [-0.2, -0.15) is 0 Å². The van der Waals surface area contributed by atoms with Crippen LogP contribution in [0.5, 0.6) is 0 Å². The Morgan fingerprint density at radius 2 is 1.91 bits per heavy atom. The van der Waals surface area contributed by atoms with E-state index in [4.69, 9.17) is 0 Å². The number of carbonyl (C=O) groups is 2. The summed E-state index contributed by atoms with van der Waals surface area (Å²) >= 11 is 0. The molecule has 4 nitrogen and oxygen atoms in total. The first-order valence-corrected chi connectivity index (χ1v) is 7.99. The van der Waals surface area contributed by atoms with E-state index in [1.165, 1.54) is 0 Å². The van der Waals surface area contributed by atoms with Gasteiger partial charge in [0.05, 0.1) is 5.92 Å². The highest BCUT2D eigenvalue weighted by molar-refractivity contribution is 5.83. The lowest BCUT2D eigenvalue weighted by Crippen LogP contribution is -2.48. The Balaban J connectivity index is 1.89. The van der Waals surface area contributed by atoms with E-state index in [1.807, 2.05) is 56.0 Å². The molecule has 0 spiro atoms. The summed E-state index contributed by atoms with van der Waals surface area (Å²) in [6.07, 6.45) is 1.75. The van der Waals surface area contributed by atoms with Crippen LogP contribution < -0.4 is 5.32 Å². The van der Waals surface area contributed by atoms with E-state index in [0.717, 1.165) is 24.9 Å². The third-order valence-corrected chi connectivity index (χ3v) is 4.03. The van der Waals surface area contributed by atoms with Gasteiger partial charge in [-0.25, -0.2) is 0 Å². The van der Waals surface area contributed by atoms with Crippen molar-refractivity contribution in [2.24, 2.45) is 11.3 Å². The zero-order valence-corrected chi connectivity index (χ0v) is 13.8. The van der Waals surface area contributed by atoms with Gasteiger partial charge >= 0.3 is 0 Å². The van der Waals surface area contributed by atoms with E-state index in [9.17, 15) is 9.59 Å². The molecule has 1 aliphatic rings. The monoisotopic (exact) mass is 302 g/mol. The molecular formula is C18H26N2O2. The minimum absolute atomic E-state index is 0.0512. The fourth-order valence-electron chi connectivity index (χ4n) is 2.78. The average Bonchev–Trinajstić information content (AvgIpc) is 2.52. The SMILES string of the molecule is CC(C)(C)C(=O)N1CCC[C@H](C(=O)NCc2ccccc2)C1. The van der Waals surface area contributed by atoms with Crippen LogP contribution in [0.2, 0.25) is 0 Å². The van der Waals surface area contributed by atoms with Gasteiger partial charge in [0, 0.05) is 25.0 Å². The Hall–Kier alpha value is -1.84. The standard InChI is InChI=1S/C18H26N2O2/c1-18(2,3)17(22)20-11-7-10-15(13-20)16(21)19-12-14-8-5-4-6-9-14/h4-6,8-9,15H,7,10-13H2,1-3H3,(H,19,21)/t15-/m0/s1. The number of amides is 2. The van der Waals surface area contributed by atoms with E-state index >= 15 is 0 Å². The lowest BCUT2D eigenvalue weighted by molar-refractivity contribution is -0.142. The maximum atomic E-state index is 12.4. The van der Waals surface area contributed by atoms with Crippen molar-refractivity contribution in [3.8, 4) is 0 Å². The number of carbonyl (C=O) groups excluding carboxylic acids is 2. The zero-order chi connectivity index (χ0) is 16.2. The first-order valence-electron chi connectivity index (χ1n) is 7.99. The van der Waals surface area contributed by atoms with Crippen molar-refractivity contribution in [1.29, 1.82) is 0 Å². The first-order chi connectivity index (χ1) is 10.4. The van der Waals surface area contributed by atoms with Crippen LogP contribution in [-0.4, -0.2) is 29.8 Å². The maximum absolute atomic E-state index is 12.4. The minimum Gasteiger partial charge on any atom is -0.352 e. The highest BCUT2D eigenvalue weighted by Gasteiger charge is 2.33. The molecule has 4 heteroatoms. The van der Waals surface area contributed by atoms with Gasteiger partial charge in [0.15, 0.2) is 0 Å². The molecule has 0 aromatic heterocycles. The summed E-state index contributed by atoms with van der Waals surface area (Å²) in [5.41, 5.74) is 0.705. The number of hydrogen-bond donors (Lipinski definition) is 1. The zero-order valence-electron chi connectivity index (χ0n) is 13.8. The number of benzene rings is 1. The van der Waals surface area contributed by atoms with Crippen LogP contribution in [0.1, 0.15) is 39.2 Å². The number of rotatable bonds is 3. The second kappa shape index (κ2) is 6.95. The normalized spacial score (nSPS) is 18.9. The van der Waals surface area contributed by atoms with Crippen molar-refractivity contribution in [3.63, 3.8) is 0 Å². The van der Waals surface area contributed by atoms with E-state index in [0.29, 0.717) is 13.1 Å². The number of likely N-dealkylation sites (tertiary alicyclic amines) is 1. The molecule has 2 rings (SSSR count). The Bertz CT molecular complexity index is 520. The van der Waals surface area contributed by atoms with Gasteiger partial charge in [0.2, 0.25) is 11.8 Å². The summed E-state index contributed by atoms with van der Waals surface area (Å²) in [5.74, 6) is 0.0899. The quantitative estimate of drug-likeness (QED) is 0.933. The second-order valence-corrected chi connectivity index (χ2v) is 7.04. The Morgan fingerprint density at radius 1 is 1.23 bits per heavy atom. The summed E-state index contributed by atoms with van der Waals surface area (Å²) in [6.45, 7) is 7.62. The number of hydrogen-bond acceptors (Lipinski definition) is 2. The fraction of sp³-hybridized carbons (Fsp3) is 0.556. The Labute approximate surface area is 132 Å². The van der Waals surface area contributed by atoms with Crippen LogP contribution in [0.3, 0.4) is 0 Å². The summed E-state index contributed by atoms with van der Waals surface area (Å²) in [4.78, 5) is 26.5. The molecule has 0 bridgehead atoms. The predicted molar refractivity (Wildman–Crippen MR) is 87.0 cm³/mol. The van der Waals surface area contributed by atoms with Gasteiger partial charge in [0.25, 0.3) is 0 Å². The number of nitrogens with zero attached hydrogens (tertiary/aromatic N) is 1. The van der Waals surface area contributed by atoms with Crippen molar-refractivity contribution in [2.75, 3.05) is 13.1 Å². The van der Waals surface area contributed by atoms with Crippen LogP contribution in [0.4, 0.5) is 0 Å². The fourth-order valence-corrected chi connectivity index (χ4v) is 2.78. The van der Waals surface area contributed by atoms with Gasteiger partial charge in [-0.1, -0.05) is 51.1 Å². The predicted octanol–water partition coefficient (Wildman–Crippen LogP) is 2.59. The van der Waals surface area contributed by atoms with Crippen molar-refractivity contribution in [3.05, 3.63) is 35.9 Å². The molecule has 1 N–H and O–H groups in total. The molecule has 1 fully saturated rings. The molecule has 22 heavy (non-hydrogen) atoms. The van der Waals surface area contributed by atoms with Crippen LogP contribution >= 0.6 is 0 Å². The van der Waals surface area contributed by atoms with Crippen molar-refractivity contribution < 1.29 is 9.59 Å². The molecule has 1 aromatic rings. The smallest absolute Gasteiger partial charge is 0.227 e. The van der Waals surface area contributed by atoms with Gasteiger partial charge in [0.1, 0.15) is 0 Å². The molecule has 1 saturated heterocycles. The average molecular weight is 302 g/mol. The lowest BCUT2D eigenvalue weighted by Gasteiger charge is -2.35.